The monoisotopic (exact) mass is 420 g/mol. The van der Waals surface area contributed by atoms with Gasteiger partial charge in [-0.15, -0.1) is 5.10 Å². The Morgan fingerprint density at radius 2 is 1.83 bits per heavy atom. The quantitative estimate of drug-likeness (QED) is 0.509. The van der Waals surface area contributed by atoms with Crippen LogP contribution in [0.25, 0.3) is 21.9 Å². The van der Waals surface area contributed by atoms with Gasteiger partial charge in [-0.3, -0.25) is 9.59 Å². The number of anilines is 1. The molecule has 0 bridgehead atoms. The standard InChI is InChI=1S/C22H17FN4O2S/c1-2-3-12-26-16-7-5-4-6-15(16)17(20(26)28)18-21(29)27-22(30-18)24-19(25-27)13-8-10-14(23)11-9-13/h4-11H,2-3,12H2,1H3. The summed E-state index contributed by atoms with van der Waals surface area (Å²) in [5, 5.41) is 4.30. The van der Waals surface area contributed by atoms with Crippen LogP contribution in [0.5, 0.6) is 0 Å². The van der Waals surface area contributed by atoms with Crippen LogP contribution in [0.1, 0.15) is 25.3 Å². The van der Waals surface area contributed by atoms with Gasteiger partial charge in [0.15, 0.2) is 5.82 Å². The maximum absolute atomic E-state index is 13.2. The number of carbonyl (C=O) groups is 1. The molecule has 5 rings (SSSR count). The van der Waals surface area contributed by atoms with Crippen LogP contribution in [0.2, 0.25) is 0 Å². The van der Waals surface area contributed by atoms with E-state index in [0.29, 0.717) is 33.0 Å². The number of para-hydroxylation sites is 1. The fourth-order valence-electron chi connectivity index (χ4n) is 3.64. The predicted octanol–water partition coefficient (Wildman–Crippen LogP) is 3.02. The number of nitrogens with zero attached hydrogens (tertiary/aromatic N) is 4. The second-order valence-corrected chi connectivity index (χ2v) is 8.05. The van der Waals surface area contributed by atoms with Gasteiger partial charge in [0.1, 0.15) is 10.3 Å². The Kier molecular flexibility index (Phi) is 4.43. The van der Waals surface area contributed by atoms with Crippen LogP contribution in [0.15, 0.2) is 53.3 Å². The largest absolute Gasteiger partial charge is 0.308 e. The van der Waals surface area contributed by atoms with Gasteiger partial charge >= 0.3 is 0 Å². The molecule has 1 amide bonds. The first-order valence-electron chi connectivity index (χ1n) is 9.69. The third-order valence-electron chi connectivity index (χ3n) is 5.15. The van der Waals surface area contributed by atoms with Crippen LogP contribution in [-0.4, -0.2) is 27.0 Å². The smallest absolute Gasteiger partial charge is 0.291 e. The van der Waals surface area contributed by atoms with Crippen LogP contribution >= 0.6 is 11.3 Å². The number of hydrogen-bond donors (Lipinski definition) is 0. The van der Waals surface area contributed by atoms with E-state index in [9.17, 15) is 14.0 Å². The summed E-state index contributed by atoms with van der Waals surface area (Å²) in [6, 6.07) is 13.3. The van der Waals surface area contributed by atoms with Crippen LogP contribution in [-0.2, 0) is 4.79 Å². The summed E-state index contributed by atoms with van der Waals surface area (Å²) >= 11 is 1.15. The topological polar surface area (TPSA) is 67.6 Å². The maximum atomic E-state index is 13.2. The Balaban J connectivity index is 1.68. The van der Waals surface area contributed by atoms with Gasteiger partial charge in [0.25, 0.3) is 11.5 Å². The van der Waals surface area contributed by atoms with Gasteiger partial charge in [-0.1, -0.05) is 42.9 Å². The van der Waals surface area contributed by atoms with Crippen LogP contribution in [0.3, 0.4) is 0 Å². The minimum atomic E-state index is -0.369. The fourth-order valence-corrected chi connectivity index (χ4v) is 4.64. The number of fused-ring (bicyclic) bond motifs is 2. The van der Waals surface area contributed by atoms with E-state index >= 15 is 0 Å². The average molecular weight is 420 g/mol. The molecule has 1 aliphatic heterocycles. The number of rotatable bonds is 4. The van der Waals surface area contributed by atoms with Crippen molar-refractivity contribution in [3.63, 3.8) is 0 Å². The van der Waals surface area contributed by atoms with E-state index in [4.69, 9.17) is 0 Å². The molecule has 0 saturated carbocycles. The zero-order chi connectivity index (χ0) is 20.8. The molecule has 0 atom stereocenters. The predicted molar refractivity (Wildman–Crippen MR) is 114 cm³/mol. The Morgan fingerprint density at radius 1 is 1.07 bits per heavy atom. The summed E-state index contributed by atoms with van der Waals surface area (Å²) < 4.78 is 14.7. The lowest BCUT2D eigenvalue weighted by molar-refractivity contribution is -0.113. The van der Waals surface area contributed by atoms with E-state index in [2.05, 4.69) is 17.0 Å². The van der Waals surface area contributed by atoms with Crippen molar-refractivity contribution in [1.82, 2.24) is 14.6 Å². The lowest BCUT2D eigenvalue weighted by Crippen LogP contribution is -2.33. The number of aromatic nitrogens is 3. The highest BCUT2D eigenvalue weighted by molar-refractivity contribution is 7.15. The van der Waals surface area contributed by atoms with E-state index in [1.165, 1.54) is 16.6 Å². The number of thiazole rings is 1. The number of amides is 1. The molecular weight excluding hydrogens is 403 g/mol. The van der Waals surface area contributed by atoms with Crippen molar-refractivity contribution < 1.29 is 9.18 Å². The SMILES string of the molecule is CCCCN1C(=O)C(=c2sc3nc(-c4ccc(F)cc4)nn3c2=O)c2ccccc21. The van der Waals surface area contributed by atoms with Crippen LogP contribution < -0.4 is 15.0 Å². The first kappa shape index (κ1) is 18.6. The summed E-state index contributed by atoms with van der Waals surface area (Å²) in [4.78, 5) is 32.9. The minimum Gasteiger partial charge on any atom is -0.308 e. The first-order valence-corrected chi connectivity index (χ1v) is 10.5. The lowest BCUT2D eigenvalue weighted by atomic mass is 10.1. The number of benzene rings is 2. The van der Waals surface area contributed by atoms with Crippen molar-refractivity contribution in [2.75, 3.05) is 11.4 Å². The normalized spacial score (nSPS) is 15.3. The molecule has 6 nitrogen and oxygen atoms in total. The number of unbranched alkanes of at least 4 members (excludes halogenated alkanes) is 1. The van der Waals surface area contributed by atoms with Gasteiger partial charge in [0, 0.05) is 17.7 Å². The van der Waals surface area contributed by atoms with E-state index in [1.807, 2.05) is 24.3 Å². The van der Waals surface area contributed by atoms with Gasteiger partial charge in [-0.05, 0) is 36.8 Å². The maximum Gasteiger partial charge on any atom is 0.291 e. The summed E-state index contributed by atoms with van der Waals surface area (Å²) in [5.41, 5.74) is 2.25. The molecule has 0 unspecified atom stereocenters. The molecule has 30 heavy (non-hydrogen) atoms. The molecule has 1 aliphatic rings. The molecule has 0 N–H and O–H groups in total. The summed E-state index contributed by atoms with van der Waals surface area (Å²) in [5.74, 6) is -0.170. The second-order valence-electron chi connectivity index (χ2n) is 7.08. The highest BCUT2D eigenvalue weighted by atomic mass is 32.1. The molecule has 0 spiro atoms. The van der Waals surface area contributed by atoms with Gasteiger partial charge in [0.05, 0.1) is 11.3 Å². The molecule has 4 aromatic rings. The Bertz CT molecular complexity index is 1390. The molecule has 0 fully saturated rings. The molecule has 0 radical (unpaired) electrons. The number of halogens is 1. The fraction of sp³-hybridized carbons (Fsp3) is 0.182. The van der Waals surface area contributed by atoms with Crippen molar-refractivity contribution in [3.8, 4) is 11.4 Å². The van der Waals surface area contributed by atoms with Crippen LogP contribution in [0.4, 0.5) is 10.1 Å². The molecule has 150 valence electrons. The molecule has 3 heterocycles. The van der Waals surface area contributed by atoms with Crippen LogP contribution in [0, 0.1) is 5.82 Å². The van der Waals surface area contributed by atoms with E-state index in [0.717, 1.165) is 35.4 Å². The van der Waals surface area contributed by atoms with Crippen molar-refractivity contribution in [1.29, 1.82) is 0 Å². The number of hydrogen-bond acceptors (Lipinski definition) is 5. The molecule has 2 aromatic carbocycles. The zero-order valence-electron chi connectivity index (χ0n) is 16.1. The summed E-state index contributed by atoms with van der Waals surface area (Å²) in [6.07, 6.45) is 1.85. The second kappa shape index (κ2) is 7.14. The third-order valence-corrected chi connectivity index (χ3v) is 6.18. The van der Waals surface area contributed by atoms with E-state index < -0.39 is 0 Å². The molecule has 2 aromatic heterocycles. The highest BCUT2D eigenvalue weighted by Gasteiger charge is 2.33. The molecule has 0 saturated heterocycles. The summed E-state index contributed by atoms with van der Waals surface area (Å²) in [6.45, 7) is 2.69. The summed E-state index contributed by atoms with van der Waals surface area (Å²) in [7, 11) is 0. The Morgan fingerprint density at radius 3 is 2.57 bits per heavy atom. The van der Waals surface area contributed by atoms with Crippen molar-refractivity contribution in [3.05, 3.63) is 74.8 Å². The molecular formula is C22H17FN4O2S. The van der Waals surface area contributed by atoms with E-state index in [-0.39, 0.29) is 17.3 Å². The average Bonchev–Trinajstić information content (AvgIpc) is 3.38. The van der Waals surface area contributed by atoms with Gasteiger partial charge in [0.2, 0.25) is 4.96 Å². The Hall–Kier alpha value is -3.39. The molecule has 0 aliphatic carbocycles. The van der Waals surface area contributed by atoms with Crippen molar-refractivity contribution in [2.45, 2.75) is 19.8 Å². The van der Waals surface area contributed by atoms with Gasteiger partial charge < -0.3 is 4.90 Å². The van der Waals surface area contributed by atoms with Crippen molar-refractivity contribution in [2.24, 2.45) is 0 Å². The third kappa shape index (κ3) is 2.83. The molecule has 8 heteroatoms. The van der Waals surface area contributed by atoms with Gasteiger partial charge in [-0.25, -0.2) is 4.39 Å². The van der Waals surface area contributed by atoms with Crippen molar-refractivity contribution >= 4 is 33.5 Å². The first-order chi connectivity index (χ1) is 14.6. The van der Waals surface area contributed by atoms with Gasteiger partial charge in [-0.2, -0.15) is 9.50 Å². The highest BCUT2D eigenvalue weighted by Crippen LogP contribution is 2.35. The number of carbonyl (C=O) groups excluding carboxylic acids is 1. The lowest BCUT2D eigenvalue weighted by Gasteiger charge is -2.16. The van der Waals surface area contributed by atoms with E-state index in [1.54, 1.807) is 17.0 Å². The Labute approximate surface area is 174 Å². The zero-order valence-corrected chi connectivity index (χ0v) is 16.9. The minimum absolute atomic E-state index is 0.162.